The van der Waals surface area contributed by atoms with Crippen LogP contribution in [0.2, 0.25) is 0 Å². The van der Waals surface area contributed by atoms with Crippen LogP contribution in [0.25, 0.3) is 0 Å². The van der Waals surface area contributed by atoms with E-state index < -0.39 is 6.10 Å². The molecule has 0 aromatic carbocycles. The van der Waals surface area contributed by atoms with Crippen molar-refractivity contribution in [2.24, 2.45) is 0 Å². The topological polar surface area (TPSA) is 78.9 Å². The zero-order chi connectivity index (χ0) is 56.4. The number of ether oxygens (including phenoxy) is 3. The van der Waals surface area contributed by atoms with Crippen molar-refractivity contribution in [2.45, 2.75) is 380 Å². The molecule has 0 aromatic heterocycles. The van der Waals surface area contributed by atoms with E-state index in [1.54, 1.807) is 0 Å². The maximum Gasteiger partial charge on any atom is 0.306 e. The Morgan fingerprint density at radius 1 is 0.256 bits per heavy atom. The fraction of sp³-hybridized carbons (Fsp3) is 0.847. The van der Waals surface area contributed by atoms with Gasteiger partial charge in [0.15, 0.2) is 6.10 Å². The number of esters is 3. The van der Waals surface area contributed by atoms with Crippen molar-refractivity contribution >= 4 is 17.9 Å². The minimum atomic E-state index is -0.782. The summed E-state index contributed by atoms with van der Waals surface area (Å²) in [5.74, 6) is -0.883. The van der Waals surface area contributed by atoms with E-state index >= 15 is 0 Å². The predicted octanol–water partition coefficient (Wildman–Crippen LogP) is 23.7. The molecule has 0 heterocycles. The van der Waals surface area contributed by atoms with Crippen LogP contribution in [-0.4, -0.2) is 37.2 Å². The van der Waals surface area contributed by atoms with Gasteiger partial charge in [0.25, 0.3) is 0 Å². The molecule has 0 aromatic rings. The number of allylic oxidation sites excluding steroid dienone is 8. The van der Waals surface area contributed by atoms with Gasteiger partial charge in [-0.15, -0.1) is 0 Å². The monoisotopic (exact) mass is 1090 g/mol. The first-order valence-electron chi connectivity index (χ1n) is 34.6. The van der Waals surface area contributed by atoms with Crippen molar-refractivity contribution < 1.29 is 28.6 Å². The second-order valence-corrected chi connectivity index (χ2v) is 23.4. The molecule has 0 saturated carbocycles. The van der Waals surface area contributed by atoms with Crippen LogP contribution in [0.4, 0.5) is 0 Å². The summed E-state index contributed by atoms with van der Waals surface area (Å²) in [5, 5.41) is 0. The number of hydrogen-bond acceptors (Lipinski definition) is 6. The first-order valence-corrected chi connectivity index (χ1v) is 34.6. The molecule has 0 spiro atoms. The SMILES string of the molecule is CCCC/C=C\CCCCCCCC(=O)OCC(COC(=O)CCCCCCCCCCCCCCCCCCCCCCC/C=C\CCCCCCCCCC)OC(=O)CCCCCCC/C=C\C/C=C\CCCCCC. The summed E-state index contributed by atoms with van der Waals surface area (Å²) in [4.78, 5) is 38.2. The maximum atomic E-state index is 12.9. The van der Waals surface area contributed by atoms with Gasteiger partial charge >= 0.3 is 17.9 Å². The number of hydrogen-bond donors (Lipinski definition) is 0. The van der Waals surface area contributed by atoms with Gasteiger partial charge in [-0.25, -0.2) is 0 Å². The molecule has 0 radical (unpaired) electrons. The molecular formula is C72H132O6. The minimum Gasteiger partial charge on any atom is -0.462 e. The van der Waals surface area contributed by atoms with Gasteiger partial charge in [-0.3, -0.25) is 14.4 Å². The van der Waals surface area contributed by atoms with Crippen molar-refractivity contribution in [1.29, 1.82) is 0 Å². The summed E-state index contributed by atoms with van der Waals surface area (Å²) in [5.41, 5.74) is 0. The lowest BCUT2D eigenvalue weighted by atomic mass is 10.0. The van der Waals surface area contributed by atoms with E-state index in [0.717, 1.165) is 89.9 Å². The average molecular weight is 1090 g/mol. The highest BCUT2D eigenvalue weighted by Crippen LogP contribution is 2.18. The van der Waals surface area contributed by atoms with Crippen molar-refractivity contribution in [3.8, 4) is 0 Å². The summed E-state index contributed by atoms with van der Waals surface area (Å²) in [6, 6.07) is 0. The number of carbonyl (C=O) groups excluding carboxylic acids is 3. The maximum absolute atomic E-state index is 12.9. The number of carbonyl (C=O) groups is 3. The molecule has 1 unspecified atom stereocenters. The molecule has 456 valence electrons. The molecule has 0 aliphatic rings. The third-order valence-electron chi connectivity index (χ3n) is 15.5. The Kier molecular flexibility index (Phi) is 64.6. The second-order valence-electron chi connectivity index (χ2n) is 23.4. The standard InChI is InChI=1S/C72H132O6/c1-4-7-10-13-16-19-22-24-26-28-29-30-31-32-33-34-35-36-37-38-39-40-41-42-43-44-46-47-50-53-56-59-62-65-71(74)77-68-69(67-76-70(73)64-61-58-55-52-49-21-18-15-12-9-6-3)78-72(75)66-63-60-57-54-51-48-45-27-25-23-20-17-14-11-8-5-2/h15,18,20,23,27-29,45,69H,4-14,16-17,19,21-22,24-26,30-44,46-68H2,1-3H3/b18-15-,23-20-,29-28-,45-27-. The lowest BCUT2D eigenvalue weighted by molar-refractivity contribution is -0.167. The van der Waals surface area contributed by atoms with Gasteiger partial charge < -0.3 is 14.2 Å². The summed E-state index contributed by atoms with van der Waals surface area (Å²) in [6.45, 7) is 6.61. The van der Waals surface area contributed by atoms with Gasteiger partial charge in [0.1, 0.15) is 13.2 Å². The highest BCUT2D eigenvalue weighted by Gasteiger charge is 2.19. The van der Waals surface area contributed by atoms with Crippen LogP contribution in [-0.2, 0) is 28.6 Å². The Balaban J connectivity index is 4.07. The average Bonchev–Trinajstić information content (AvgIpc) is 3.44. The molecule has 0 aliphatic carbocycles. The summed E-state index contributed by atoms with van der Waals surface area (Å²) < 4.78 is 16.9. The van der Waals surface area contributed by atoms with E-state index in [4.69, 9.17) is 14.2 Å². The van der Waals surface area contributed by atoms with Crippen LogP contribution in [0.15, 0.2) is 48.6 Å². The molecule has 0 amide bonds. The Hall–Kier alpha value is -2.63. The third kappa shape index (κ3) is 64.2. The van der Waals surface area contributed by atoms with Crippen LogP contribution >= 0.6 is 0 Å². The molecule has 0 bridgehead atoms. The van der Waals surface area contributed by atoms with Crippen molar-refractivity contribution in [3.05, 3.63) is 48.6 Å². The first-order chi connectivity index (χ1) is 38.5. The van der Waals surface area contributed by atoms with Crippen molar-refractivity contribution in [3.63, 3.8) is 0 Å². The van der Waals surface area contributed by atoms with Crippen molar-refractivity contribution in [1.82, 2.24) is 0 Å². The van der Waals surface area contributed by atoms with Gasteiger partial charge in [0.05, 0.1) is 0 Å². The molecule has 6 heteroatoms. The molecule has 6 nitrogen and oxygen atoms in total. The lowest BCUT2D eigenvalue weighted by Gasteiger charge is -2.18. The van der Waals surface area contributed by atoms with Crippen LogP contribution in [0.3, 0.4) is 0 Å². The summed E-state index contributed by atoms with van der Waals surface area (Å²) in [7, 11) is 0. The van der Waals surface area contributed by atoms with E-state index in [0.29, 0.717) is 19.3 Å². The zero-order valence-electron chi connectivity index (χ0n) is 52.5. The Labute approximate surface area is 486 Å². The molecular weight excluding hydrogens is 961 g/mol. The van der Waals surface area contributed by atoms with Gasteiger partial charge in [0.2, 0.25) is 0 Å². The first kappa shape index (κ1) is 75.4. The zero-order valence-corrected chi connectivity index (χ0v) is 52.5. The molecule has 0 rings (SSSR count). The van der Waals surface area contributed by atoms with E-state index in [9.17, 15) is 14.4 Å². The van der Waals surface area contributed by atoms with E-state index in [-0.39, 0.29) is 31.1 Å². The van der Waals surface area contributed by atoms with Crippen molar-refractivity contribution in [2.75, 3.05) is 13.2 Å². The fourth-order valence-electron chi connectivity index (χ4n) is 10.3. The normalized spacial score (nSPS) is 12.3. The highest BCUT2D eigenvalue weighted by atomic mass is 16.6. The molecule has 0 aliphatic heterocycles. The number of rotatable bonds is 64. The minimum absolute atomic E-state index is 0.0780. The quantitative estimate of drug-likeness (QED) is 0.0261. The van der Waals surface area contributed by atoms with E-state index in [2.05, 4.69) is 69.4 Å². The Bertz CT molecular complexity index is 1350. The van der Waals surface area contributed by atoms with E-state index in [1.807, 2.05) is 0 Å². The molecule has 0 saturated heterocycles. The summed E-state index contributed by atoms with van der Waals surface area (Å²) >= 11 is 0. The van der Waals surface area contributed by atoms with Gasteiger partial charge in [0, 0.05) is 19.3 Å². The molecule has 0 fully saturated rings. The largest absolute Gasteiger partial charge is 0.462 e. The van der Waals surface area contributed by atoms with Gasteiger partial charge in [-0.05, 0) is 96.3 Å². The molecule has 78 heavy (non-hydrogen) atoms. The van der Waals surface area contributed by atoms with Crippen LogP contribution in [0.5, 0.6) is 0 Å². The van der Waals surface area contributed by atoms with E-state index in [1.165, 1.54) is 244 Å². The van der Waals surface area contributed by atoms with Gasteiger partial charge in [-0.2, -0.15) is 0 Å². The predicted molar refractivity (Wildman–Crippen MR) is 339 cm³/mol. The molecule has 1 atom stereocenters. The fourth-order valence-corrected chi connectivity index (χ4v) is 10.3. The highest BCUT2D eigenvalue weighted by molar-refractivity contribution is 5.71. The Morgan fingerprint density at radius 3 is 0.769 bits per heavy atom. The smallest absolute Gasteiger partial charge is 0.306 e. The second kappa shape index (κ2) is 66.9. The van der Waals surface area contributed by atoms with Gasteiger partial charge in [-0.1, -0.05) is 307 Å². The van der Waals surface area contributed by atoms with Crippen LogP contribution < -0.4 is 0 Å². The lowest BCUT2D eigenvalue weighted by Crippen LogP contribution is -2.30. The molecule has 0 N–H and O–H groups in total. The number of unbranched alkanes of at least 4 members (excludes halogenated alkanes) is 45. The van der Waals surface area contributed by atoms with Crippen LogP contribution in [0.1, 0.15) is 374 Å². The Morgan fingerprint density at radius 2 is 0.474 bits per heavy atom. The summed E-state index contributed by atoms with van der Waals surface area (Å²) in [6.07, 6.45) is 84.5. The third-order valence-corrected chi connectivity index (χ3v) is 15.5. The van der Waals surface area contributed by atoms with Crippen LogP contribution in [0, 0.1) is 0 Å².